The van der Waals surface area contributed by atoms with Gasteiger partial charge in [0, 0.05) is 17.7 Å². The number of non-ortho nitro benzene ring substituents is 1. The number of carbonyl (C=O) groups is 2. The first-order chi connectivity index (χ1) is 13.3. The molecule has 1 saturated heterocycles. The van der Waals surface area contributed by atoms with Gasteiger partial charge in [0.15, 0.2) is 5.17 Å². The van der Waals surface area contributed by atoms with Crippen molar-refractivity contribution < 1.29 is 19.6 Å². The van der Waals surface area contributed by atoms with Crippen LogP contribution in [0.4, 0.5) is 11.4 Å². The van der Waals surface area contributed by atoms with Gasteiger partial charge in [0.1, 0.15) is 5.75 Å². The van der Waals surface area contributed by atoms with Gasteiger partial charge >= 0.3 is 0 Å². The molecular formula is C18H16N4O5S. The molecule has 2 aromatic carbocycles. The molecule has 0 bridgehead atoms. The van der Waals surface area contributed by atoms with Crippen LogP contribution in [0, 0.1) is 17.0 Å². The van der Waals surface area contributed by atoms with Gasteiger partial charge in [0.25, 0.3) is 11.6 Å². The molecule has 2 N–H and O–H groups in total. The van der Waals surface area contributed by atoms with Gasteiger partial charge in [-0.05, 0) is 43.7 Å². The second kappa shape index (κ2) is 7.69. The van der Waals surface area contributed by atoms with E-state index in [4.69, 9.17) is 0 Å². The number of aromatic hydroxyl groups is 1. The number of rotatable bonds is 4. The lowest BCUT2D eigenvalue weighted by Gasteiger charge is -2.18. The smallest absolute Gasteiger partial charge is 0.271 e. The van der Waals surface area contributed by atoms with Gasteiger partial charge in [-0.15, -0.1) is 5.10 Å². The van der Waals surface area contributed by atoms with Crippen LogP contribution in [0.3, 0.4) is 0 Å². The second-order valence-electron chi connectivity index (χ2n) is 6.04. The number of aryl methyl sites for hydroxylation is 1. The summed E-state index contributed by atoms with van der Waals surface area (Å²) < 4.78 is 0. The summed E-state index contributed by atoms with van der Waals surface area (Å²) in [5.41, 5.74) is 3.51. The van der Waals surface area contributed by atoms with Gasteiger partial charge in [-0.25, -0.2) is 5.43 Å². The molecule has 0 spiro atoms. The van der Waals surface area contributed by atoms with E-state index in [1.165, 1.54) is 41.3 Å². The standard InChI is InChI=1S/C18H16N4O5S/c1-10-3-6-13(22(26)27)9-15(10)21-17(25)11(2)28-18(21)20-19-16(24)12-4-7-14(23)8-5-12/h3-9,11,23H,1-2H3,(H,19,24)/b20-18+/t11-/m0/s1. The average Bonchev–Trinajstić information content (AvgIpc) is 2.94. The van der Waals surface area contributed by atoms with Crippen LogP contribution >= 0.6 is 11.8 Å². The number of amidine groups is 1. The van der Waals surface area contributed by atoms with Crippen LogP contribution in [0.25, 0.3) is 0 Å². The Morgan fingerprint density at radius 2 is 1.96 bits per heavy atom. The number of carbonyl (C=O) groups excluding carboxylic acids is 2. The Morgan fingerprint density at radius 1 is 1.29 bits per heavy atom. The van der Waals surface area contributed by atoms with E-state index in [1.54, 1.807) is 19.9 Å². The van der Waals surface area contributed by atoms with E-state index in [0.29, 0.717) is 11.3 Å². The number of phenolic OH excluding ortho intramolecular Hbond substituents is 1. The highest BCUT2D eigenvalue weighted by molar-refractivity contribution is 8.16. The molecule has 1 heterocycles. The van der Waals surface area contributed by atoms with Crippen LogP contribution in [-0.4, -0.2) is 32.3 Å². The summed E-state index contributed by atoms with van der Waals surface area (Å²) in [6.07, 6.45) is 0. The lowest BCUT2D eigenvalue weighted by molar-refractivity contribution is -0.384. The Hall–Kier alpha value is -3.40. The maximum atomic E-state index is 12.6. The van der Waals surface area contributed by atoms with E-state index in [-0.39, 0.29) is 28.1 Å². The zero-order chi connectivity index (χ0) is 20.4. The molecule has 0 saturated carbocycles. The number of hydrogen-bond donors (Lipinski definition) is 2. The Labute approximate surface area is 164 Å². The SMILES string of the molecule is Cc1ccc([N+](=O)[O-])cc1N1C(=O)[C@H](C)S/C1=N/NC(=O)c1ccc(O)cc1. The predicted octanol–water partition coefficient (Wildman–Crippen LogP) is 2.78. The van der Waals surface area contributed by atoms with Gasteiger partial charge in [0.05, 0.1) is 15.9 Å². The van der Waals surface area contributed by atoms with Crippen molar-refractivity contribution in [3.63, 3.8) is 0 Å². The molecule has 0 aliphatic carbocycles. The van der Waals surface area contributed by atoms with Gasteiger partial charge in [-0.3, -0.25) is 24.6 Å². The molecule has 28 heavy (non-hydrogen) atoms. The summed E-state index contributed by atoms with van der Waals surface area (Å²) in [5, 5.41) is 24.2. The summed E-state index contributed by atoms with van der Waals surface area (Å²) in [4.78, 5) is 36.7. The molecule has 0 unspecified atom stereocenters. The number of benzene rings is 2. The zero-order valence-corrected chi connectivity index (χ0v) is 15.8. The number of thioether (sulfide) groups is 1. The van der Waals surface area contributed by atoms with Crippen LogP contribution < -0.4 is 10.3 Å². The molecule has 3 rings (SSSR count). The van der Waals surface area contributed by atoms with Crippen LogP contribution in [0.5, 0.6) is 5.75 Å². The third kappa shape index (κ3) is 3.81. The normalized spacial score (nSPS) is 17.8. The van der Waals surface area contributed by atoms with Crippen LogP contribution in [0.1, 0.15) is 22.8 Å². The molecule has 0 aromatic heterocycles. The molecule has 1 atom stereocenters. The van der Waals surface area contributed by atoms with Crippen molar-refractivity contribution in [3.05, 3.63) is 63.7 Å². The summed E-state index contributed by atoms with van der Waals surface area (Å²) in [6.45, 7) is 3.42. The van der Waals surface area contributed by atoms with Gasteiger partial charge in [0.2, 0.25) is 5.91 Å². The quantitative estimate of drug-likeness (QED) is 0.600. The first kappa shape index (κ1) is 19.4. The third-order valence-corrected chi connectivity index (χ3v) is 5.11. The van der Waals surface area contributed by atoms with Crippen molar-refractivity contribution in [3.8, 4) is 5.75 Å². The van der Waals surface area contributed by atoms with Crippen molar-refractivity contribution >= 4 is 40.1 Å². The Bertz CT molecular complexity index is 990. The van der Waals surface area contributed by atoms with Crippen molar-refractivity contribution in [2.24, 2.45) is 5.10 Å². The summed E-state index contributed by atoms with van der Waals surface area (Å²) in [7, 11) is 0. The van der Waals surface area contributed by atoms with Crippen molar-refractivity contribution in [2.75, 3.05) is 4.90 Å². The Morgan fingerprint density at radius 3 is 2.61 bits per heavy atom. The summed E-state index contributed by atoms with van der Waals surface area (Å²) in [5.74, 6) is -0.775. The highest BCUT2D eigenvalue weighted by atomic mass is 32.2. The first-order valence-electron chi connectivity index (χ1n) is 8.20. The fraction of sp³-hybridized carbons (Fsp3) is 0.167. The highest BCUT2D eigenvalue weighted by Crippen LogP contribution is 2.35. The Balaban J connectivity index is 1.91. The number of phenols is 1. The van der Waals surface area contributed by atoms with Crippen molar-refractivity contribution in [1.82, 2.24) is 5.43 Å². The maximum absolute atomic E-state index is 12.6. The predicted molar refractivity (Wildman–Crippen MR) is 105 cm³/mol. The topological polar surface area (TPSA) is 125 Å². The summed E-state index contributed by atoms with van der Waals surface area (Å²) in [6, 6.07) is 9.84. The summed E-state index contributed by atoms with van der Waals surface area (Å²) >= 11 is 1.14. The average molecular weight is 400 g/mol. The van der Waals surface area contributed by atoms with Crippen LogP contribution in [0.2, 0.25) is 0 Å². The Kier molecular flexibility index (Phi) is 5.32. The van der Waals surface area contributed by atoms with Gasteiger partial charge in [-0.2, -0.15) is 0 Å². The molecule has 9 nitrogen and oxygen atoms in total. The molecule has 144 valence electrons. The lowest BCUT2D eigenvalue weighted by Crippen LogP contribution is -2.33. The van der Waals surface area contributed by atoms with E-state index in [0.717, 1.165) is 11.8 Å². The lowest BCUT2D eigenvalue weighted by atomic mass is 10.1. The number of anilines is 1. The third-order valence-electron chi connectivity index (χ3n) is 4.07. The molecule has 1 aliphatic rings. The molecule has 2 amide bonds. The van der Waals surface area contributed by atoms with E-state index in [9.17, 15) is 24.8 Å². The first-order valence-corrected chi connectivity index (χ1v) is 9.08. The number of nitrogens with one attached hydrogen (secondary N) is 1. The number of nitro benzene ring substituents is 1. The zero-order valence-electron chi connectivity index (χ0n) is 14.9. The minimum atomic E-state index is -0.538. The maximum Gasteiger partial charge on any atom is 0.271 e. The van der Waals surface area contributed by atoms with E-state index < -0.39 is 16.1 Å². The van der Waals surface area contributed by atoms with Crippen molar-refractivity contribution in [1.29, 1.82) is 0 Å². The largest absolute Gasteiger partial charge is 0.508 e. The fourth-order valence-corrected chi connectivity index (χ4v) is 3.48. The number of hydrogen-bond acceptors (Lipinski definition) is 7. The van der Waals surface area contributed by atoms with E-state index in [1.807, 2.05) is 0 Å². The number of nitro groups is 1. The molecule has 10 heteroatoms. The van der Waals surface area contributed by atoms with E-state index in [2.05, 4.69) is 10.5 Å². The monoisotopic (exact) mass is 400 g/mol. The van der Waals surface area contributed by atoms with Crippen LogP contribution in [0.15, 0.2) is 47.6 Å². The minimum Gasteiger partial charge on any atom is -0.508 e. The van der Waals surface area contributed by atoms with Gasteiger partial charge < -0.3 is 5.11 Å². The number of amides is 2. The molecule has 1 fully saturated rings. The van der Waals surface area contributed by atoms with Crippen LogP contribution in [-0.2, 0) is 4.79 Å². The van der Waals surface area contributed by atoms with Gasteiger partial charge in [-0.1, -0.05) is 17.8 Å². The number of hydrazone groups is 1. The fourth-order valence-electron chi connectivity index (χ4n) is 2.56. The minimum absolute atomic E-state index is 0.0287. The van der Waals surface area contributed by atoms with E-state index >= 15 is 0 Å². The molecule has 1 aliphatic heterocycles. The number of nitrogens with zero attached hydrogens (tertiary/aromatic N) is 3. The highest BCUT2D eigenvalue weighted by Gasteiger charge is 2.37. The second-order valence-corrected chi connectivity index (χ2v) is 7.35. The molecule has 2 aromatic rings. The molecule has 0 radical (unpaired) electrons. The molecular weight excluding hydrogens is 384 g/mol. The van der Waals surface area contributed by atoms with Crippen molar-refractivity contribution in [2.45, 2.75) is 19.1 Å².